The normalized spacial score (nSPS) is 19.1. The number of anilines is 1. The van der Waals surface area contributed by atoms with Gasteiger partial charge in [-0.25, -0.2) is 9.98 Å². The summed E-state index contributed by atoms with van der Waals surface area (Å²) >= 11 is 0. The summed E-state index contributed by atoms with van der Waals surface area (Å²) in [5.41, 5.74) is -2.37. The molecule has 0 radical (unpaired) electrons. The maximum Gasteiger partial charge on any atom is 0.442 e. The maximum absolute atomic E-state index is 14.4. The highest BCUT2D eigenvalue weighted by Crippen LogP contribution is 2.41. The number of carbonyl (C=O) groups is 1. The molecule has 0 unspecified atom stereocenters. The number of aryl methyl sites for hydroxylation is 1. The first kappa shape index (κ1) is 19.7. The molecule has 154 valence electrons. The summed E-state index contributed by atoms with van der Waals surface area (Å²) in [7, 11) is 0. The Kier molecular flexibility index (Phi) is 4.81. The molecule has 2 aromatic heterocycles. The van der Waals surface area contributed by atoms with E-state index >= 15 is 0 Å². The van der Waals surface area contributed by atoms with Crippen LogP contribution in [-0.4, -0.2) is 33.5 Å². The van der Waals surface area contributed by atoms with Crippen molar-refractivity contribution < 1.29 is 22.4 Å². The van der Waals surface area contributed by atoms with Crippen molar-refractivity contribution in [1.29, 1.82) is 0 Å². The molecule has 0 fully saturated rings. The van der Waals surface area contributed by atoms with Crippen molar-refractivity contribution >= 4 is 17.6 Å². The van der Waals surface area contributed by atoms with Crippen LogP contribution in [0.1, 0.15) is 16.9 Å². The summed E-state index contributed by atoms with van der Waals surface area (Å²) in [4.78, 5) is 22.1. The van der Waals surface area contributed by atoms with E-state index in [0.717, 1.165) is 4.90 Å². The van der Waals surface area contributed by atoms with Crippen molar-refractivity contribution in [3.8, 4) is 0 Å². The van der Waals surface area contributed by atoms with Crippen molar-refractivity contribution in [3.05, 3.63) is 83.9 Å². The van der Waals surface area contributed by atoms with Gasteiger partial charge in [-0.2, -0.15) is 13.2 Å². The van der Waals surface area contributed by atoms with E-state index in [1.165, 1.54) is 12.5 Å². The van der Waals surface area contributed by atoms with Crippen molar-refractivity contribution in [2.75, 3.05) is 5.32 Å². The first-order valence-electron chi connectivity index (χ1n) is 9.08. The van der Waals surface area contributed by atoms with Gasteiger partial charge in [0.2, 0.25) is 0 Å². The lowest BCUT2D eigenvalue weighted by molar-refractivity contribution is -0.185. The molecule has 0 saturated carbocycles. The minimum absolute atomic E-state index is 0.0702. The molecule has 1 amide bonds. The predicted molar refractivity (Wildman–Crippen MR) is 104 cm³/mol. The number of aliphatic imine (C=N–C) groups is 1. The Morgan fingerprint density at radius 2 is 1.87 bits per heavy atom. The fourth-order valence-electron chi connectivity index (χ4n) is 3.20. The molecule has 0 aliphatic carbocycles. The molecule has 3 aromatic rings. The van der Waals surface area contributed by atoms with Gasteiger partial charge in [0.05, 0.1) is 12.8 Å². The average molecular weight is 414 g/mol. The van der Waals surface area contributed by atoms with Crippen molar-refractivity contribution in [2.24, 2.45) is 4.99 Å². The monoisotopic (exact) mass is 414 g/mol. The molecule has 1 atom stereocenters. The highest BCUT2D eigenvalue weighted by Gasteiger charge is 2.66. The van der Waals surface area contributed by atoms with Crippen LogP contribution in [0.25, 0.3) is 0 Å². The number of alkyl halides is 3. The Morgan fingerprint density at radius 3 is 2.50 bits per heavy atom. The van der Waals surface area contributed by atoms with E-state index in [4.69, 9.17) is 4.42 Å². The molecule has 6 nitrogen and oxygen atoms in total. The van der Waals surface area contributed by atoms with Crippen molar-refractivity contribution in [2.45, 2.75) is 25.3 Å². The van der Waals surface area contributed by atoms with Gasteiger partial charge in [0.25, 0.3) is 5.91 Å². The largest absolute Gasteiger partial charge is 0.467 e. The fraction of sp³-hybridized carbons (Fsp3) is 0.190. The van der Waals surface area contributed by atoms with Crippen LogP contribution in [0.3, 0.4) is 0 Å². The summed E-state index contributed by atoms with van der Waals surface area (Å²) in [5, 5.41) is 2.28. The third-order valence-electron chi connectivity index (χ3n) is 4.73. The Labute approximate surface area is 170 Å². The van der Waals surface area contributed by atoms with E-state index in [1.54, 1.807) is 61.5 Å². The highest BCUT2D eigenvalue weighted by atomic mass is 19.4. The van der Waals surface area contributed by atoms with Gasteiger partial charge in [0.1, 0.15) is 17.4 Å². The second-order valence-electron chi connectivity index (χ2n) is 6.77. The van der Waals surface area contributed by atoms with Gasteiger partial charge in [-0.3, -0.25) is 9.69 Å². The van der Waals surface area contributed by atoms with E-state index in [9.17, 15) is 18.0 Å². The van der Waals surface area contributed by atoms with Gasteiger partial charge < -0.3 is 9.73 Å². The molecule has 9 heteroatoms. The molecule has 3 heterocycles. The number of hydrogen-bond donors (Lipinski definition) is 1. The van der Waals surface area contributed by atoms with Crippen LogP contribution in [0.5, 0.6) is 0 Å². The van der Waals surface area contributed by atoms with E-state index < -0.39 is 17.7 Å². The van der Waals surface area contributed by atoms with Crippen LogP contribution < -0.4 is 5.32 Å². The number of amidine groups is 1. The van der Waals surface area contributed by atoms with E-state index in [0.29, 0.717) is 16.9 Å². The highest BCUT2D eigenvalue weighted by molar-refractivity contribution is 6.16. The second kappa shape index (κ2) is 7.33. The summed E-state index contributed by atoms with van der Waals surface area (Å²) in [5.74, 6) is -1.09. The summed E-state index contributed by atoms with van der Waals surface area (Å²) in [6.45, 7) is 1.40. The average Bonchev–Trinajstić information content (AvgIpc) is 3.33. The van der Waals surface area contributed by atoms with Gasteiger partial charge in [0.15, 0.2) is 0 Å². The smallest absolute Gasteiger partial charge is 0.442 e. The van der Waals surface area contributed by atoms with Gasteiger partial charge in [-0.05, 0) is 30.7 Å². The van der Waals surface area contributed by atoms with E-state index in [-0.39, 0.29) is 18.2 Å². The van der Waals surface area contributed by atoms with Crippen molar-refractivity contribution in [1.82, 2.24) is 9.88 Å². The molecule has 0 bridgehead atoms. The number of nitrogens with zero attached hydrogens (tertiary/aromatic N) is 3. The van der Waals surface area contributed by atoms with Crippen LogP contribution in [0.2, 0.25) is 0 Å². The predicted octanol–water partition coefficient (Wildman–Crippen LogP) is 4.14. The van der Waals surface area contributed by atoms with Crippen LogP contribution in [0.4, 0.5) is 19.0 Å². The topological polar surface area (TPSA) is 70.7 Å². The lowest BCUT2D eigenvalue weighted by Crippen LogP contribution is -2.58. The van der Waals surface area contributed by atoms with Gasteiger partial charge in [-0.15, -0.1) is 0 Å². The van der Waals surface area contributed by atoms with Crippen LogP contribution >= 0.6 is 0 Å². The number of nitrogens with one attached hydrogen (secondary N) is 1. The number of rotatable bonds is 5. The van der Waals surface area contributed by atoms with Crippen LogP contribution in [0.15, 0.2) is 76.5 Å². The summed E-state index contributed by atoms with van der Waals surface area (Å²) in [6, 6.07) is 14.6. The van der Waals surface area contributed by atoms with Crippen LogP contribution in [0, 0.1) is 6.92 Å². The lowest BCUT2D eigenvalue weighted by Gasteiger charge is -2.29. The SMILES string of the molecule is Cc1cccnc1N[C@]1(C(F)(F)F)N=C(c2ccccc2)N(Cc2ccco2)C1=O. The Hall–Kier alpha value is -3.62. The van der Waals surface area contributed by atoms with Gasteiger partial charge in [0, 0.05) is 11.8 Å². The maximum atomic E-state index is 14.4. The summed E-state index contributed by atoms with van der Waals surface area (Å²) < 4.78 is 48.3. The zero-order valence-electron chi connectivity index (χ0n) is 15.8. The molecule has 4 rings (SSSR count). The van der Waals surface area contributed by atoms with Gasteiger partial charge in [-0.1, -0.05) is 36.4 Å². The standard InChI is InChI=1S/C21H17F3N4O2/c1-14-7-5-11-25-17(14)26-20(21(22,23)24)19(29)28(13-16-10-6-12-30-16)18(27-20)15-8-3-2-4-9-15/h2-12H,13H2,1H3,(H,25,26)/t20-/m0/s1. The Balaban J connectivity index is 1.85. The first-order valence-corrected chi connectivity index (χ1v) is 9.08. The number of amides is 1. The summed E-state index contributed by atoms with van der Waals surface area (Å²) in [6.07, 6.45) is -2.28. The minimum atomic E-state index is -5.02. The quantitative estimate of drug-likeness (QED) is 0.681. The molecule has 1 aliphatic rings. The molecule has 1 N–H and O–H groups in total. The number of pyridine rings is 1. The molecule has 1 aromatic carbocycles. The molecular weight excluding hydrogens is 397 g/mol. The Bertz CT molecular complexity index is 1080. The molecule has 0 saturated heterocycles. The van der Waals surface area contributed by atoms with Crippen molar-refractivity contribution in [3.63, 3.8) is 0 Å². The molecular formula is C21H17F3N4O2. The van der Waals surface area contributed by atoms with E-state index in [1.807, 2.05) is 0 Å². The van der Waals surface area contributed by atoms with E-state index in [2.05, 4.69) is 15.3 Å². The van der Waals surface area contributed by atoms with Gasteiger partial charge >= 0.3 is 11.8 Å². The fourth-order valence-corrected chi connectivity index (χ4v) is 3.20. The second-order valence-corrected chi connectivity index (χ2v) is 6.77. The number of aromatic nitrogens is 1. The van der Waals surface area contributed by atoms with Crippen LogP contribution in [-0.2, 0) is 11.3 Å². The first-order chi connectivity index (χ1) is 14.3. The molecule has 0 spiro atoms. The number of hydrogen-bond acceptors (Lipinski definition) is 5. The third kappa shape index (κ3) is 3.32. The molecule has 1 aliphatic heterocycles. The zero-order valence-corrected chi connectivity index (χ0v) is 15.8. The number of halogens is 3. The molecule has 30 heavy (non-hydrogen) atoms. The lowest BCUT2D eigenvalue weighted by atomic mass is 10.1. The Morgan fingerprint density at radius 1 is 1.10 bits per heavy atom. The number of benzene rings is 1. The number of carbonyl (C=O) groups excluding carboxylic acids is 1. The zero-order chi connectivity index (χ0) is 21.4. The third-order valence-corrected chi connectivity index (χ3v) is 4.73. The minimum Gasteiger partial charge on any atom is -0.467 e. The number of furan rings is 1.